The second-order valence-electron chi connectivity index (χ2n) is 4.14. The van der Waals surface area contributed by atoms with Gasteiger partial charge in [-0.2, -0.15) is 0 Å². The van der Waals surface area contributed by atoms with Crippen LogP contribution in [0.2, 0.25) is 5.02 Å². The second-order valence-corrected chi connectivity index (χ2v) is 4.57. The third-order valence-electron chi connectivity index (χ3n) is 2.68. The molecule has 108 valence electrons. The molecular weight excluding hydrogens is 264 g/mol. The Balaban J connectivity index is 2.46. The fraction of sp³-hybridized carbons (Fsp3) is 0.643. The number of hydrogen-bond acceptors (Lipinski definition) is 4. The number of rotatable bonds is 10. The smallest absolute Gasteiger partial charge is 0.0593 e. The van der Waals surface area contributed by atoms with Crippen molar-refractivity contribution in [3.63, 3.8) is 0 Å². The van der Waals surface area contributed by atoms with Crippen LogP contribution in [0, 0.1) is 0 Å². The summed E-state index contributed by atoms with van der Waals surface area (Å²) in [5, 5.41) is 0.722. The molecule has 5 heteroatoms. The van der Waals surface area contributed by atoms with E-state index in [1.165, 1.54) is 0 Å². The third-order valence-corrected chi connectivity index (χ3v) is 2.91. The highest BCUT2D eigenvalue weighted by Gasteiger charge is 2.07. The molecule has 1 rings (SSSR count). The molecule has 0 saturated heterocycles. The van der Waals surface area contributed by atoms with Gasteiger partial charge in [0.05, 0.1) is 18.9 Å². The van der Waals surface area contributed by atoms with E-state index in [1.54, 1.807) is 12.3 Å². The fourth-order valence-corrected chi connectivity index (χ4v) is 1.89. The van der Waals surface area contributed by atoms with E-state index in [1.807, 2.05) is 19.9 Å². The Kier molecular flexibility index (Phi) is 8.75. The van der Waals surface area contributed by atoms with Crippen molar-refractivity contribution >= 4 is 11.6 Å². The van der Waals surface area contributed by atoms with Gasteiger partial charge in [0.2, 0.25) is 0 Å². The molecular formula is C14H23ClN2O2. The standard InChI is InChI=1S/C14H23ClN2O2/c1-3-18-9-7-17(8-10-19-4-2)12-14-11-13(15)5-6-16-14/h5-6,11H,3-4,7-10,12H2,1-2H3. The fourth-order valence-electron chi connectivity index (χ4n) is 1.71. The topological polar surface area (TPSA) is 34.6 Å². The summed E-state index contributed by atoms with van der Waals surface area (Å²) < 4.78 is 10.8. The van der Waals surface area contributed by atoms with Crippen molar-refractivity contribution in [3.8, 4) is 0 Å². The average Bonchev–Trinajstić information content (AvgIpc) is 2.39. The molecule has 0 aliphatic rings. The lowest BCUT2D eigenvalue weighted by Crippen LogP contribution is -2.31. The molecule has 0 fully saturated rings. The predicted molar refractivity (Wildman–Crippen MR) is 77.5 cm³/mol. The van der Waals surface area contributed by atoms with Gasteiger partial charge in [-0.1, -0.05) is 11.6 Å². The average molecular weight is 287 g/mol. The summed E-state index contributed by atoms with van der Waals surface area (Å²) in [5.41, 5.74) is 0.973. The molecule has 0 aromatic carbocycles. The molecule has 0 amide bonds. The molecule has 19 heavy (non-hydrogen) atoms. The van der Waals surface area contributed by atoms with Crippen molar-refractivity contribution in [2.75, 3.05) is 39.5 Å². The summed E-state index contributed by atoms with van der Waals surface area (Å²) in [6, 6.07) is 3.69. The van der Waals surface area contributed by atoms with Gasteiger partial charge in [0, 0.05) is 44.1 Å². The zero-order chi connectivity index (χ0) is 13.9. The molecule has 0 bridgehead atoms. The van der Waals surface area contributed by atoms with Crippen molar-refractivity contribution < 1.29 is 9.47 Å². The van der Waals surface area contributed by atoms with Crippen LogP contribution in [0.25, 0.3) is 0 Å². The number of hydrogen-bond donors (Lipinski definition) is 0. The monoisotopic (exact) mass is 286 g/mol. The van der Waals surface area contributed by atoms with Gasteiger partial charge in [0.15, 0.2) is 0 Å². The van der Waals surface area contributed by atoms with Gasteiger partial charge in [-0.3, -0.25) is 9.88 Å². The highest BCUT2D eigenvalue weighted by Crippen LogP contribution is 2.10. The Morgan fingerprint density at radius 1 is 1.16 bits per heavy atom. The van der Waals surface area contributed by atoms with Crippen molar-refractivity contribution in [3.05, 3.63) is 29.0 Å². The van der Waals surface area contributed by atoms with Crippen LogP contribution in [0.5, 0.6) is 0 Å². The van der Waals surface area contributed by atoms with E-state index >= 15 is 0 Å². The Hall–Kier alpha value is -0.680. The van der Waals surface area contributed by atoms with Crippen molar-refractivity contribution in [2.24, 2.45) is 0 Å². The number of pyridine rings is 1. The Bertz CT molecular complexity index is 340. The van der Waals surface area contributed by atoms with Crippen molar-refractivity contribution in [1.82, 2.24) is 9.88 Å². The van der Waals surface area contributed by atoms with Crippen LogP contribution in [-0.4, -0.2) is 49.4 Å². The van der Waals surface area contributed by atoms with Crippen LogP contribution >= 0.6 is 11.6 Å². The Morgan fingerprint density at radius 3 is 2.32 bits per heavy atom. The first-order valence-electron chi connectivity index (χ1n) is 6.74. The minimum Gasteiger partial charge on any atom is -0.380 e. The summed E-state index contributed by atoms with van der Waals surface area (Å²) in [4.78, 5) is 6.60. The van der Waals surface area contributed by atoms with Gasteiger partial charge < -0.3 is 9.47 Å². The van der Waals surface area contributed by atoms with E-state index in [9.17, 15) is 0 Å². The summed E-state index contributed by atoms with van der Waals surface area (Å²) in [7, 11) is 0. The largest absolute Gasteiger partial charge is 0.380 e. The molecule has 0 atom stereocenters. The van der Waals surface area contributed by atoms with E-state index in [0.717, 1.165) is 56.8 Å². The van der Waals surface area contributed by atoms with Gasteiger partial charge >= 0.3 is 0 Å². The van der Waals surface area contributed by atoms with Gasteiger partial charge in [-0.25, -0.2) is 0 Å². The van der Waals surface area contributed by atoms with Crippen LogP contribution in [0.1, 0.15) is 19.5 Å². The maximum absolute atomic E-state index is 5.97. The predicted octanol–water partition coefficient (Wildman–Crippen LogP) is 2.61. The number of halogens is 1. The zero-order valence-corrected chi connectivity index (χ0v) is 12.5. The minimum absolute atomic E-state index is 0.722. The normalized spacial score (nSPS) is 11.2. The summed E-state index contributed by atoms with van der Waals surface area (Å²) >= 11 is 5.97. The molecule has 0 radical (unpaired) electrons. The van der Waals surface area contributed by atoms with Crippen molar-refractivity contribution in [2.45, 2.75) is 20.4 Å². The maximum atomic E-state index is 5.97. The SMILES string of the molecule is CCOCCN(CCOCC)Cc1cc(Cl)ccn1. The summed E-state index contributed by atoms with van der Waals surface area (Å²) in [6.07, 6.45) is 1.74. The van der Waals surface area contributed by atoms with Crippen LogP contribution in [0.4, 0.5) is 0 Å². The molecule has 4 nitrogen and oxygen atoms in total. The number of aromatic nitrogens is 1. The van der Waals surface area contributed by atoms with Crippen LogP contribution in [0.3, 0.4) is 0 Å². The highest BCUT2D eigenvalue weighted by molar-refractivity contribution is 6.30. The van der Waals surface area contributed by atoms with Gasteiger partial charge in [-0.05, 0) is 26.0 Å². The van der Waals surface area contributed by atoms with Gasteiger partial charge in [0.1, 0.15) is 0 Å². The van der Waals surface area contributed by atoms with Crippen LogP contribution < -0.4 is 0 Å². The van der Waals surface area contributed by atoms with Gasteiger partial charge in [-0.15, -0.1) is 0 Å². The first kappa shape index (κ1) is 16.4. The van der Waals surface area contributed by atoms with Crippen molar-refractivity contribution in [1.29, 1.82) is 0 Å². The van der Waals surface area contributed by atoms with E-state index in [2.05, 4.69) is 9.88 Å². The lowest BCUT2D eigenvalue weighted by Gasteiger charge is -2.21. The van der Waals surface area contributed by atoms with E-state index in [-0.39, 0.29) is 0 Å². The summed E-state index contributed by atoms with van der Waals surface area (Å²) in [5.74, 6) is 0. The molecule has 1 aromatic heterocycles. The Morgan fingerprint density at radius 2 is 1.79 bits per heavy atom. The number of ether oxygens (including phenoxy) is 2. The van der Waals surface area contributed by atoms with Gasteiger partial charge in [0.25, 0.3) is 0 Å². The van der Waals surface area contributed by atoms with Crippen LogP contribution in [0.15, 0.2) is 18.3 Å². The summed E-state index contributed by atoms with van der Waals surface area (Å²) in [6.45, 7) is 9.45. The molecule has 1 aromatic rings. The second kappa shape index (κ2) is 10.1. The quantitative estimate of drug-likeness (QED) is 0.619. The lowest BCUT2D eigenvalue weighted by atomic mass is 10.3. The third kappa shape index (κ3) is 7.47. The molecule has 0 aliphatic heterocycles. The van der Waals surface area contributed by atoms with Crippen LogP contribution in [-0.2, 0) is 16.0 Å². The molecule has 1 heterocycles. The Labute approximate surface area is 120 Å². The highest BCUT2D eigenvalue weighted by atomic mass is 35.5. The van der Waals surface area contributed by atoms with E-state index in [4.69, 9.17) is 21.1 Å². The molecule has 0 N–H and O–H groups in total. The molecule has 0 aliphatic carbocycles. The zero-order valence-electron chi connectivity index (χ0n) is 11.8. The van der Waals surface area contributed by atoms with E-state index < -0.39 is 0 Å². The number of nitrogens with zero attached hydrogens (tertiary/aromatic N) is 2. The first-order valence-corrected chi connectivity index (χ1v) is 7.12. The van der Waals surface area contributed by atoms with E-state index in [0.29, 0.717) is 0 Å². The first-order chi connectivity index (χ1) is 9.26. The molecule has 0 spiro atoms. The maximum Gasteiger partial charge on any atom is 0.0593 e. The lowest BCUT2D eigenvalue weighted by molar-refractivity contribution is 0.0792. The molecule has 0 unspecified atom stereocenters. The minimum atomic E-state index is 0.722. The molecule has 0 saturated carbocycles.